The second-order valence-corrected chi connectivity index (χ2v) is 5.38. The molecule has 0 amide bonds. The van der Waals surface area contributed by atoms with E-state index in [9.17, 15) is 5.11 Å². The molecular formula is C13H30N2O2. The van der Waals surface area contributed by atoms with Crippen molar-refractivity contribution in [1.82, 2.24) is 4.90 Å². The zero-order chi connectivity index (χ0) is 13.3. The molecule has 0 saturated heterocycles. The van der Waals surface area contributed by atoms with Gasteiger partial charge in [0.25, 0.3) is 0 Å². The van der Waals surface area contributed by atoms with Crippen molar-refractivity contribution in [2.75, 3.05) is 33.3 Å². The molecule has 0 aromatic heterocycles. The minimum atomic E-state index is -0.695. The van der Waals surface area contributed by atoms with Gasteiger partial charge in [0.1, 0.15) is 0 Å². The van der Waals surface area contributed by atoms with Gasteiger partial charge in [0, 0.05) is 13.1 Å². The highest BCUT2D eigenvalue weighted by molar-refractivity contribution is 4.72. The molecule has 4 nitrogen and oxygen atoms in total. The van der Waals surface area contributed by atoms with Gasteiger partial charge in [-0.15, -0.1) is 0 Å². The Labute approximate surface area is 106 Å². The maximum atomic E-state index is 9.73. The maximum absolute atomic E-state index is 9.73. The molecule has 1 atom stereocenters. The van der Waals surface area contributed by atoms with Crippen molar-refractivity contribution >= 4 is 0 Å². The van der Waals surface area contributed by atoms with Gasteiger partial charge in [-0.2, -0.15) is 0 Å². The molecule has 0 radical (unpaired) electrons. The molecule has 0 spiro atoms. The van der Waals surface area contributed by atoms with Gasteiger partial charge in [0.2, 0.25) is 0 Å². The summed E-state index contributed by atoms with van der Waals surface area (Å²) in [5.41, 5.74) is 4.77. The molecule has 4 heteroatoms. The highest BCUT2D eigenvalue weighted by Gasteiger charge is 2.16. The van der Waals surface area contributed by atoms with Crippen LogP contribution >= 0.6 is 0 Å². The molecule has 0 aliphatic rings. The van der Waals surface area contributed by atoms with Gasteiger partial charge in [-0.1, -0.05) is 0 Å². The lowest BCUT2D eigenvalue weighted by Crippen LogP contribution is -2.34. The molecule has 0 saturated carbocycles. The molecule has 0 aliphatic heterocycles. The van der Waals surface area contributed by atoms with Crippen molar-refractivity contribution < 1.29 is 9.84 Å². The summed E-state index contributed by atoms with van der Waals surface area (Å²) in [5.74, 6) is 0. The number of hydrogen-bond donors (Lipinski definition) is 2. The molecule has 0 heterocycles. The zero-order valence-corrected chi connectivity index (χ0v) is 11.9. The van der Waals surface area contributed by atoms with Crippen molar-refractivity contribution in [3.63, 3.8) is 0 Å². The fraction of sp³-hybridized carbons (Fsp3) is 1.00. The fourth-order valence-corrected chi connectivity index (χ4v) is 1.55. The van der Waals surface area contributed by atoms with Crippen molar-refractivity contribution in [2.45, 2.75) is 51.7 Å². The monoisotopic (exact) mass is 246 g/mol. The third-order valence-electron chi connectivity index (χ3n) is 2.87. The van der Waals surface area contributed by atoms with Crippen LogP contribution in [-0.4, -0.2) is 55.0 Å². The standard InChI is InChI=1S/C13H30N2O2/c1-12(2)17-10-9-15(4)8-6-5-7-13(3,16)11-14/h12,16H,5-11,14H2,1-4H3. The SMILES string of the molecule is CC(C)OCCN(C)CCCCC(C)(O)CN. The predicted molar refractivity (Wildman–Crippen MR) is 72.1 cm³/mol. The summed E-state index contributed by atoms with van der Waals surface area (Å²) in [6.07, 6.45) is 3.19. The van der Waals surface area contributed by atoms with E-state index in [2.05, 4.69) is 25.8 Å². The van der Waals surface area contributed by atoms with Gasteiger partial charge in [0.15, 0.2) is 0 Å². The molecule has 0 fully saturated rings. The number of nitrogens with two attached hydrogens (primary N) is 1. The Kier molecular flexibility index (Phi) is 8.78. The molecule has 104 valence electrons. The van der Waals surface area contributed by atoms with Crippen molar-refractivity contribution in [3.8, 4) is 0 Å². The van der Waals surface area contributed by atoms with Crippen LogP contribution in [0.1, 0.15) is 40.0 Å². The highest BCUT2D eigenvalue weighted by Crippen LogP contribution is 2.11. The van der Waals surface area contributed by atoms with Crippen LogP contribution in [0.25, 0.3) is 0 Å². The second-order valence-electron chi connectivity index (χ2n) is 5.38. The van der Waals surface area contributed by atoms with Crippen molar-refractivity contribution in [2.24, 2.45) is 5.73 Å². The van der Waals surface area contributed by atoms with Crippen molar-refractivity contribution in [3.05, 3.63) is 0 Å². The molecular weight excluding hydrogens is 216 g/mol. The smallest absolute Gasteiger partial charge is 0.0741 e. The molecule has 0 rings (SSSR count). The Hall–Kier alpha value is -0.160. The van der Waals surface area contributed by atoms with E-state index >= 15 is 0 Å². The second kappa shape index (κ2) is 8.86. The Morgan fingerprint density at radius 3 is 2.47 bits per heavy atom. The number of nitrogens with zero attached hydrogens (tertiary/aromatic N) is 1. The van der Waals surface area contributed by atoms with E-state index in [4.69, 9.17) is 10.5 Å². The number of unbranched alkanes of at least 4 members (excludes halogenated alkanes) is 1. The summed E-state index contributed by atoms with van der Waals surface area (Å²) in [7, 11) is 2.10. The molecule has 0 aliphatic carbocycles. The van der Waals surface area contributed by atoms with Crippen LogP contribution in [-0.2, 0) is 4.74 Å². The lowest BCUT2D eigenvalue weighted by molar-refractivity contribution is 0.0534. The van der Waals surface area contributed by atoms with Gasteiger partial charge in [-0.05, 0) is 53.6 Å². The molecule has 1 unspecified atom stereocenters. The largest absolute Gasteiger partial charge is 0.389 e. The summed E-state index contributed by atoms with van der Waals surface area (Å²) in [4.78, 5) is 2.26. The van der Waals surface area contributed by atoms with E-state index in [0.29, 0.717) is 12.6 Å². The van der Waals surface area contributed by atoms with Crippen LogP contribution in [0.4, 0.5) is 0 Å². The predicted octanol–water partition coefficient (Wildman–Crippen LogP) is 1.22. The average Bonchev–Trinajstić information content (AvgIpc) is 2.24. The van der Waals surface area contributed by atoms with E-state index < -0.39 is 5.60 Å². The van der Waals surface area contributed by atoms with E-state index in [0.717, 1.165) is 39.0 Å². The van der Waals surface area contributed by atoms with Crippen LogP contribution in [0.5, 0.6) is 0 Å². The first-order chi connectivity index (χ1) is 7.87. The van der Waals surface area contributed by atoms with Gasteiger partial charge in [0.05, 0.1) is 18.3 Å². The third-order valence-corrected chi connectivity index (χ3v) is 2.87. The average molecular weight is 246 g/mol. The van der Waals surface area contributed by atoms with Crippen LogP contribution in [0.2, 0.25) is 0 Å². The number of aliphatic hydroxyl groups is 1. The minimum Gasteiger partial charge on any atom is -0.389 e. The number of hydrogen-bond acceptors (Lipinski definition) is 4. The first-order valence-corrected chi connectivity index (χ1v) is 6.60. The lowest BCUT2D eigenvalue weighted by atomic mass is 9.99. The summed E-state index contributed by atoms with van der Waals surface area (Å²) in [6.45, 7) is 9.03. The first-order valence-electron chi connectivity index (χ1n) is 6.60. The normalized spacial score (nSPS) is 15.5. The number of rotatable bonds is 10. The van der Waals surface area contributed by atoms with E-state index in [-0.39, 0.29) is 0 Å². The summed E-state index contributed by atoms with van der Waals surface area (Å²) in [5, 5.41) is 9.73. The number of ether oxygens (including phenoxy) is 1. The van der Waals surface area contributed by atoms with Crippen LogP contribution in [0, 0.1) is 0 Å². The quantitative estimate of drug-likeness (QED) is 0.569. The molecule has 17 heavy (non-hydrogen) atoms. The van der Waals surface area contributed by atoms with Gasteiger partial charge < -0.3 is 20.5 Å². The van der Waals surface area contributed by atoms with Crippen LogP contribution in [0.3, 0.4) is 0 Å². The van der Waals surface area contributed by atoms with Gasteiger partial charge >= 0.3 is 0 Å². The Morgan fingerprint density at radius 2 is 1.94 bits per heavy atom. The summed E-state index contributed by atoms with van der Waals surface area (Å²) < 4.78 is 5.49. The van der Waals surface area contributed by atoms with Gasteiger partial charge in [-0.3, -0.25) is 0 Å². The minimum absolute atomic E-state index is 0.308. The van der Waals surface area contributed by atoms with Gasteiger partial charge in [-0.25, -0.2) is 0 Å². The maximum Gasteiger partial charge on any atom is 0.0741 e. The fourth-order valence-electron chi connectivity index (χ4n) is 1.55. The van der Waals surface area contributed by atoms with E-state index in [1.54, 1.807) is 6.92 Å². The van der Waals surface area contributed by atoms with Crippen LogP contribution < -0.4 is 5.73 Å². The lowest BCUT2D eigenvalue weighted by Gasteiger charge is -2.22. The molecule has 0 bridgehead atoms. The Balaban J connectivity index is 3.42. The van der Waals surface area contributed by atoms with Crippen LogP contribution in [0.15, 0.2) is 0 Å². The Morgan fingerprint density at radius 1 is 1.29 bits per heavy atom. The first kappa shape index (κ1) is 16.8. The highest BCUT2D eigenvalue weighted by atomic mass is 16.5. The molecule has 3 N–H and O–H groups in total. The third kappa shape index (κ3) is 10.7. The topological polar surface area (TPSA) is 58.7 Å². The number of likely N-dealkylation sites (N-methyl/N-ethyl adjacent to an activating group) is 1. The van der Waals surface area contributed by atoms with E-state index in [1.807, 2.05) is 0 Å². The Bertz CT molecular complexity index is 184. The van der Waals surface area contributed by atoms with E-state index in [1.165, 1.54) is 0 Å². The van der Waals surface area contributed by atoms with Crippen molar-refractivity contribution in [1.29, 1.82) is 0 Å². The summed E-state index contributed by atoms with van der Waals surface area (Å²) in [6, 6.07) is 0. The summed E-state index contributed by atoms with van der Waals surface area (Å²) >= 11 is 0. The molecule has 0 aromatic rings. The molecule has 0 aromatic carbocycles. The zero-order valence-electron chi connectivity index (χ0n) is 11.9.